The molecule has 0 spiro atoms. The first kappa shape index (κ1) is 22.0. The summed E-state index contributed by atoms with van der Waals surface area (Å²) in [5.41, 5.74) is 0. The van der Waals surface area contributed by atoms with Crippen LogP contribution in [0.2, 0.25) is 0 Å². The molecule has 0 bridgehead atoms. The van der Waals surface area contributed by atoms with Gasteiger partial charge in [0.1, 0.15) is 0 Å². The highest BCUT2D eigenvalue weighted by Crippen LogP contribution is 2.12. The highest BCUT2D eigenvalue weighted by Gasteiger charge is 2.14. The Balaban J connectivity index is 1.86. The predicted octanol–water partition coefficient (Wildman–Crippen LogP) is 5.51. The third kappa shape index (κ3) is 12.0. The van der Waals surface area contributed by atoms with E-state index in [1.54, 1.807) is 0 Å². The highest BCUT2D eigenvalue weighted by molar-refractivity contribution is 5.83. The molecule has 144 valence electrons. The zero-order valence-electron chi connectivity index (χ0n) is 16.5. The van der Waals surface area contributed by atoms with Crippen molar-refractivity contribution in [3.8, 4) is 0 Å². The highest BCUT2D eigenvalue weighted by atomic mass is 16.3. The second-order valence-corrected chi connectivity index (χ2v) is 6.99. The molecule has 0 atom stereocenters. The number of aliphatic hydroxyl groups excluding tert-OH is 1. The Bertz CT molecular complexity index is 387. The van der Waals surface area contributed by atoms with Gasteiger partial charge in [-0.1, -0.05) is 63.3 Å². The summed E-state index contributed by atoms with van der Waals surface area (Å²) in [6.45, 7) is 5.15. The van der Waals surface area contributed by atoms with Gasteiger partial charge in [-0.2, -0.15) is 0 Å². The van der Waals surface area contributed by atoms with E-state index >= 15 is 0 Å². The minimum atomic E-state index is 0.237. The van der Waals surface area contributed by atoms with Gasteiger partial charge in [0.2, 0.25) is 0 Å². The Hall–Kier alpha value is -1.09. The number of unbranched alkanes of at least 4 members (excludes halogenated alkanes) is 8. The number of aliphatic imine (C=N–C) groups is 1. The molecule has 3 nitrogen and oxygen atoms in total. The van der Waals surface area contributed by atoms with Gasteiger partial charge in [0, 0.05) is 19.5 Å². The van der Waals surface area contributed by atoms with E-state index in [1.807, 2.05) is 0 Å². The molecule has 3 heteroatoms. The first-order chi connectivity index (χ1) is 12.4. The number of β-amino-alcohol motifs (C(OH)–C–C–N with tert-alkyl or cyclic N) is 1. The van der Waals surface area contributed by atoms with Gasteiger partial charge in [0.05, 0.1) is 19.0 Å². The van der Waals surface area contributed by atoms with Gasteiger partial charge in [-0.15, -0.1) is 0 Å². The topological polar surface area (TPSA) is 35.8 Å². The first-order valence-electron chi connectivity index (χ1n) is 10.6. The van der Waals surface area contributed by atoms with Gasteiger partial charge in [-0.25, -0.2) is 0 Å². The van der Waals surface area contributed by atoms with Crippen LogP contribution in [0.15, 0.2) is 29.3 Å². The van der Waals surface area contributed by atoms with Crippen LogP contribution < -0.4 is 0 Å². The number of nitrogens with zero attached hydrogens (tertiary/aromatic N) is 2. The SMILES string of the molecule is CCCCCC=CCC=CCCCCCCCC1=NCCN1CCO. The molecule has 1 aliphatic rings. The van der Waals surface area contributed by atoms with Gasteiger partial charge in [0.15, 0.2) is 0 Å². The van der Waals surface area contributed by atoms with Gasteiger partial charge in [0.25, 0.3) is 0 Å². The molecule has 0 radical (unpaired) electrons. The third-order valence-electron chi connectivity index (χ3n) is 4.75. The molecular weight excluding hydrogens is 308 g/mol. The molecule has 0 fully saturated rings. The molecule has 0 aromatic rings. The summed E-state index contributed by atoms with van der Waals surface area (Å²) in [6.07, 6.45) is 24.5. The lowest BCUT2D eigenvalue weighted by atomic mass is 10.1. The van der Waals surface area contributed by atoms with Crippen LogP contribution in [0.1, 0.15) is 84.0 Å². The van der Waals surface area contributed by atoms with Crippen molar-refractivity contribution in [2.75, 3.05) is 26.2 Å². The molecule has 0 aromatic carbocycles. The lowest BCUT2D eigenvalue weighted by Gasteiger charge is -2.18. The fraction of sp³-hybridized carbons (Fsp3) is 0.773. The van der Waals surface area contributed by atoms with Crippen LogP contribution in [-0.2, 0) is 0 Å². The summed E-state index contributed by atoms with van der Waals surface area (Å²) in [4.78, 5) is 6.80. The Morgan fingerprint density at radius 2 is 1.60 bits per heavy atom. The maximum Gasteiger partial charge on any atom is 0.0991 e. The zero-order valence-corrected chi connectivity index (χ0v) is 16.5. The molecule has 25 heavy (non-hydrogen) atoms. The molecule has 1 rings (SSSR count). The van der Waals surface area contributed by atoms with Gasteiger partial charge >= 0.3 is 0 Å². The molecule has 0 saturated carbocycles. The molecule has 1 heterocycles. The summed E-state index contributed by atoms with van der Waals surface area (Å²) in [5.74, 6) is 1.22. The first-order valence-corrected chi connectivity index (χ1v) is 10.6. The number of aliphatic hydroxyl groups is 1. The largest absolute Gasteiger partial charge is 0.395 e. The molecular formula is C22H40N2O. The minimum absolute atomic E-state index is 0.237. The molecule has 0 unspecified atom stereocenters. The summed E-state index contributed by atoms with van der Waals surface area (Å²) >= 11 is 0. The van der Waals surface area contributed by atoms with Crippen LogP contribution in [0.4, 0.5) is 0 Å². The maximum absolute atomic E-state index is 9.04. The standard InChI is InChI=1S/C22H40N2O/c1-2-3-4-5-6-7-8-9-10-11-12-13-14-15-16-17-22-23-18-19-24(22)20-21-25/h6-7,9-10,25H,2-5,8,11-21H2,1H3. The normalized spacial score (nSPS) is 15.0. The number of hydrogen-bond donors (Lipinski definition) is 1. The number of allylic oxidation sites excluding steroid dienone is 4. The van der Waals surface area contributed by atoms with E-state index in [-0.39, 0.29) is 6.61 Å². The van der Waals surface area contributed by atoms with Crippen LogP contribution in [0, 0.1) is 0 Å². The van der Waals surface area contributed by atoms with E-state index in [0.717, 1.165) is 32.5 Å². The molecule has 1 aliphatic heterocycles. The Kier molecular flexibility index (Phi) is 14.4. The van der Waals surface area contributed by atoms with E-state index in [1.165, 1.54) is 70.0 Å². The van der Waals surface area contributed by atoms with Crippen LogP contribution >= 0.6 is 0 Å². The molecule has 0 amide bonds. The number of rotatable bonds is 16. The molecule has 0 aliphatic carbocycles. The van der Waals surface area contributed by atoms with Crippen LogP contribution in [0.3, 0.4) is 0 Å². The Labute approximate surface area is 155 Å². The van der Waals surface area contributed by atoms with E-state index in [0.29, 0.717) is 0 Å². The fourth-order valence-electron chi connectivity index (χ4n) is 3.22. The second-order valence-electron chi connectivity index (χ2n) is 6.99. The van der Waals surface area contributed by atoms with E-state index in [4.69, 9.17) is 5.11 Å². The smallest absolute Gasteiger partial charge is 0.0991 e. The minimum Gasteiger partial charge on any atom is -0.395 e. The van der Waals surface area contributed by atoms with Gasteiger partial charge in [-0.3, -0.25) is 4.99 Å². The van der Waals surface area contributed by atoms with Crippen molar-refractivity contribution in [3.63, 3.8) is 0 Å². The lowest BCUT2D eigenvalue weighted by Crippen LogP contribution is -2.30. The monoisotopic (exact) mass is 348 g/mol. The molecule has 0 aromatic heterocycles. The average molecular weight is 349 g/mol. The van der Waals surface area contributed by atoms with Crippen molar-refractivity contribution in [1.29, 1.82) is 0 Å². The third-order valence-corrected chi connectivity index (χ3v) is 4.75. The van der Waals surface area contributed by atoms with E-state index < -0.39 is 0 Å². The van der Waals surface area contributed by atoms with Crippen molar-refractivity contribution in [3.05, 3.63) is 24.3 Å². The van der Waals surface area contributed by atoms with Crippen molar-refractivity contribution < 1.29 is 5.11 Å². The maximum atomic E-state index is 9.04. The number of amidine groups is 1. The predicted molar refractivity (Wildman–Crippen MR) is 110 cm³/mol. The number of hydrogen-bond acceptors (Lipinski definition) is 3. The lowest BCUT2D eigenvalue weighted by molar-refractivity contribution is 0.255. The van der Waals surface area contributed by atoms with Crippen molar-refractivity contribution in [2.45, 2.75) is 84.0 Å². The summed E-state index contributed by atoms with van der Waals surface area (Å²) in [5, 5.41) is 9.04. The van der Waals surface area contributed by atoms with Crippen LogP contribution in [0.25, 0.3) is 0 Å². The van der Waals surface area contributed by atoms with Crippen molar-refractivity contribution >= 4 is 5.84 Å². The molecule has 1 N–H and O–H groups in total. The van der Waals surface area contributed by atoms with Crippen LogP contribution in [0.5, 0.6) is 0 Å². The molecule has 0 saturated heterocycles. The van der Waals surface area contributed by atoms with Gasteiger partial charge < -0.3 is 10.0 Å². The van der Waals surface area contributed by atoms with Gasteiger partial charge in [-0.05, 0) is 38.5 Å². The quantitative estimate of drug-likeness (QED) is 0.295. The summed E-state index contributed by atoms with van der Waals surface area (Å²) in [7, 11) is 0. The van der Waals surface area contributed by atoms with E-state index in [9.17, 15) is 0 Å². The fourth-order valence-corrected chi connectivity index (χ4v) is 3.22. The van der Waals surface area contributed by atoms with Crippen LogP contribution in [-0.4, -0.2) is 42.1 Å². The summed E-state index contributed by atoms with van der Waals surface area (Å²) in [6, 6.07) is 0. The van der Waals surface area contributed by atoms with Crippen molar-refractivity contribution in [2.24, 2.45) is 4.99 Å². The zero-order chi connectivity index (χ0) is 18.0. The van der Waals surface area contributed by atoms with E-state index in [2.05, 4.69) is 41.1 Å². The average Bonchev–Trinajstić information content (AvgIpc) is 3.06. The Morgan fingerprint density at radius 3 is 2.32 bits per heavy atom. The van der Waals surface area contributed by atoms with Crippen molar-refractivity contribution in [1.82, 2.24) is 4.90 Å². The Morgan fingerprint density at radius 1 is 0.920 bits per heavy atom. The second kappa shape index (κ2) is 16.4. The summed E-state index contributed by atoms with van der Waals surface area (Å²) < 4.78 is 0.